The first-order valence-electron chi connectivity index (χ1n) is 4.68. The number of allylic oxidation sites excluding steroid dienone is 2. The summed E-state index contributed by atoms with van der Waals surface area (Å²) in [6.07, 6.45) is 3.25. The fraction of sp³-hybridized carbons (Fsp3) is 0.333. The smallest absolute Gasteiger partial charge is 0.0390 e. The van der Waals surface area contributed by atoms with Crippen molar-refractivity contribution in [2.24, 2.45) is 0 Å². The fourth-order valence-corrected chi connectivity index (χ4v) is 1.43. The molecule has 0 aromatic heterocycles. The Morgan fingerprint density at radius 2 is 2.15 bits per heavy atom. The van der Waals surface area contributed by atoms with Gasteiger partial charge in [-0.1, -0.05) is 24.6 Å². The van der Waals surface area contributed by atoms with Gasteiger partial charge in [0.1, 0.15) is 0 Å². The average Bonchev–Trinajstić information content (AvgIpc) is 2.09. The summed E-state index contributed by atoms with van der Waals surface area (Å²) in [5.74, 6) is 0. The minimum absolute atomic E-state index is 0.868. The minimum Gasteiger partial charge on any atom is -0.398 e. The molecular formula is C12H17N. The molecule has 1 rings (SSSR count). The monoisotopic (exact) mass is 175 g/mol. The number of hydrogen-bond acceptors (Lipinski definition) is 1. The highest BCUT2D eigenvalue weighted by Gasteiger charge is 2.00. The number of nitrogens with two attached hydrogens (primary N) is 1. The lowest BCUT2D eigenvalue weighted by Gasteiger charge is -2.06. The van der Waals surface area contributed by atoms with Crippen molar-refractivity contribution in [3.8, 4) is 0 Å². The molecule has 0 unspecified atom stereocenters. The molecule has 1 heteroatoms. The van der Waals surface area contributed by atoms with E-state index < -0.39 is 0 Å². The maximum Gasteiger partial charge on any atom is 0.0390 e. The molecule has 0 fully saturated rings. The first kappa shape index (κ1) is 9.85. The molecule has 0 aliphatic heterocycles. The quantitative estimate of drug-likeness (QED) is 0.685. The molecular weight excluding hydrogens is 158 g/mol. The van der Waals surface area contributed by atoms with Crippen LogP contribution in [0.4, 0.5) is 5.69 Å². The standard InChI is InChI=1S/C12H17N/c1-4-5-10(3)11-8-9(2)6-7-12(11)13/h5-8H,4,13H2,1-3H3. The minimum atomic E-state index is 0.868. The van der Waals surface area contributed by atoms with E-state index in [9.17, 15) is 0 Å². The number of hydrogen-bond donors (Lipinski definition) is 1. The van der Waals surface area contributed by atoms with Gasteiger partial charge in [0.15, 0.2) is 0 Å². The van der Waals surface area contributed by atoms with Crippen LogP contribution < -0.4 is 5.73 Å². The Morgan fingerprint density at radius 3 is 2.77 bits per heavy atom. The zero-order valence-electron chi connectivity index (χ0n) is 8.59. The molecule has 0 aliphatic carbocycles. The number of rotatable bonds is 2. The molecule has 0 amide bonds. The van der Waals surface area contributed by atoms with Crippen LogP contribution in [0.1, 0.15) is 31.4 Å². The molecule has 0 radical (unpaired) electrons. The summed E-state index contributed by atoms with van der Waals surface area (Å²) in [7, 11) is 0. The van der Waals surface area contributed by atoms with Crippen LogP contribution in [0.25, 0.3) is 5.57 Å². The van der Waals surface area contributed by atoms with Crippen LogP contribution in [0.5, 0.6) is 0 Å². The highest BCUT2D eigenvalue weighted by Crippen LogP contribution is 2.22. The van der Waals surface area contributed by atoms with Gasteiger partial charge in [0.25, 0.3) is 0 Å². The highest BCUT2D eigenvalue weighted by atomic mass is 14.6. The first-order valence-corrected chi connectivity index (χ1v) is 4.68. The number of nitrogen functional groups attached to an aromatic ring is 1. The van der Waals surface area contributed by atoms with Crippen molar-refractivity contribution in [3.63, 3.8) is 0 Å². The predicted molar refractivity (Wildman–Crippen MR) is 59.5 cm³/mol. The second kappa shape index (κ2) is 4.13. The summed E-state index contributed by atoms with van der Waals surface area (Å²) in [5.41, 5.74) is 10.4. The van der Waals surface area contributed by atoms with Crippen LogP contribution in [0.15, 0.2) is 24.3 Å². The van der Waals surface area contributed by atoms with E-state index >= 15 is 0 Å². The predicted octanol–water partition coefficient (Wildman–Crippen LogP) is 3.39. The molecule has 0 bridgehead atoms. The van der Waals surface area contributed by atoms with E-state index in [2.05, 4.69) is 32.9 Å². The lowest BCUT2D eigenvalue weighted by molar-refractivity contribution is 1.22. The molecule has 1 nitrogen and oxygen atoms in total. The summed E-state index contributed by atoms with van der Waals surface area (Å²) >= 11 is 0. The maximum absolute atomic E-state index is 5.88. The van der Waals surface area contributed by atoms with E-state index in [1.807, 2.05) is 12.1 Å². The molecule has 70 valence electrons. The van der Waals surface area contributed by atoms with E-state index in [0.29, 0.717) is 0 Å². The van der Waals surface area contributed by atoms with Crippen molar-refractivity contribution in [1.29, 1.82) is 0 Å². The Labute approximate surface area is 80.3 Å². The van der Waals surface area contributed by atoms with Gasteiger partial charge in [0.05, 0.1) is 0 Å². The highest BCUT2D eigenvalue weighted by molar-refractivity contribution is 5.74. The van der Waals surface area contributed by atoms with Crippen molar-refractivity contribution < 1.29 is 0 Å². The van der Waals surface area contributed by atoms with Crippen molar-refractivity contribution in [1.82, 2.24) is 0 Å². The lowest BCUT2D eigenvalue weighted by Crippen LogP contribution is -1.92. The third-order valence-corrected chi connectivity index (χ3v) is 2.14. The second-order valence-electron chi connectivity index (χ2n) is 3.39. The number of benzene rings is 1. The van der Waals surface area contributed by atoms with E-state index in [1.165, 1.54) is 16.7 Å². The van der Waals surface area contributed by atoms with Gasteiger partial charge in [-0.15, -0.1) is 0 Å². The van der Waals surface area contributed by atoms with Crippen LogP contribution in [-0.4, -0.2) is 0 Å². The Bertz CT molecular complexity index is 324. The normalized spacial score (nSPS) is 11.8. The van der Waals surface area contributed by atoms with Gasteiger partial charge in [-0.25, -0.2) is 0 Å². The summed E-state index contributed by atoms with van der Waals surface area (Å²) in [6, 6.07) is 6.15. The van der Waals surface area contributed by atoms with E-state index in [-0.39, 0.29) is 0 Å². The molecule has 13 heavy (non-hydrogen) atoms. The third-order valence-electron chi connectivity index (χ3n) is 2.14. The van der Waals surface area contributed by atoms with Crippen molar-refractivity contribution in [3.05, 3.63) is 35.4 Å². The van der Waals surface area contributed by atoms with Gasteiger partial charge >= 0.3 is 0 Å². The Kier molecular flexibility index (Phi) is 3.13. The van der Waals surface area contributed by atoms with Gasteiger partial charge in [-0.05, 0) is 38.0 Å². The Morgan fingerprint density at radius 1 is 1.46 bits per heavy atom. The maximum atomic E-state index is 5.88. The average molecular weight is 175 g/mol. The zero-order chi connectivity index (χ0) is 9.84. The zero-order valence-corrected chi connectivity index (χ0v) is 8.59. The molecule has 0 heterocycles. The molecule has 0 saturated carbocycles. The van der Waals surface area contributed by atoms with Crippen LogP contribution in [0, 0.1) is 6.92 Å². The molecule has 1 aromatic carbocycles. The third kappa shape index (κ3) is 2.35. The van der Waals surface area contributed by atoms with Crippen LogP contribution in [0.3, 0.4) is 0 Å². The molecule has 0 atom stereocenters. The van der Waals surface area contributed by atoms with Crippen molar-refractivity contribution in [2.75, 3.05) is 5.73 Å². The van der Waals surface area contributed by atoms with E-state index in [1.54, 1.807) is 0 Å². The van der Waals surface area contributed by atoms with Gasteiger partial charge in [-0.2, -0.15) is 0 Å². The lowest BCUT2D eigenvalue weighted by atomic mass is 10.0. The fourth-order valence-electron chi connectivity index (χ4n) is 1.43. The number of anilines is 1. The molecule has 0 spiro atoms. The van der Waals surface area contributed by atoms with Gasteiger partial charge in [-0.3, -0.25) is 0 Å². The SMILES string of the molecule is CCC=C(C)c1cc(C)ccc1N. The second-order valence-corrected chi connectivity index (χ2v) is 3.39. The summed E-state index contributed by atoms with van der Waals surface area (Å²) < 4.78 is 0. The molecule has 0 aliphatic rings. The van der Waals surface area contributed by atoms with Gasteiger partial charge in [0, 0.05) is 11.3 Å². The molecule has 0 saturated heterocycles. The van der Waals surface area contributed by atoms with E-state index in [0.717, 1.165) is 12.1 Å². The first-order chi connectivity index (χ1) is 6.15. The largest absolute Gasteiger partial charge is 0.398 e. The van der Waals surface area contributed by atoms with Crippen LogP contribution >= 0.6 is 0 Å². The molecule has 1 aromatic rings. The van der Waals surface area contributed by atoms with E-state index in [4.69, 9.17) is 5.73 Å². The van der Waals surface area contributed by atoms with Crippen LogP contribution in [0.2, 0.25) is 0 Å². The summed E-state index contributed by atoms with van der Waals surface area (Å²) in [6.45, 7) is 6.33. The Hall–Kier alpha value is -1.24. The molecule has 2 N–H and O–H groups in total. The summed E-state index contributed by atoms with van der Waals surface area (Å²) in [5, 5.41) is 0. The van der Waals surface area contributed by atoms with Gasteiger partial charge in [0.2, 0.25) is 0 Å². The number of aryl methyl sites for hydroxylation is 1. The van der Waals surface area contributed by atoms with Gasteiger partial charge < -0.3 is 5.73 Å². The topological polar surface area (TPSA) is 26.0 Å². The van der Waals surface area contributed by atoms with Crippen molar-refractivity contribution in [2.45, 2.75) is 27.2 Å². The summed E-state index contributed by atoms with van der Waals surface area (Å²) in [4.78, 5) is 0. The van der Waals surface area contributed by atoms with Crippen LogP contribution in [-0.2, 0) is 0 Å². The van der Waals surface area contributed by atoms with Crippen molar-refractivity contribution >= 4 is 11.3 Å². The Balaban J connectivity index is 3.13.